The average Bonchev–Trinajstić information content (AvgIpc) is 2.72. The van der Waals surface area contributed by atoms with E-state index in [1.165, 1.54) is 0 Å². The topological polar surface area (TPSA) is 73.4 Å². The molecule has 26 heavy (non-hydrogen) atoms. The summed E-state index contributed by atoms with van der Waals surface area (Å²) in [5.74, 6) is 0.434. The number of nitrogens with zero attached hydrogens (tertiary/aromatic N) is 3. The molecule has 2 aromatic rings. The summed E-state index contributed by atoms with van der Waals surface area (Å²) in [6.45, 7) is 8.83. The smallest absolute Gasteiger partial charge is 0.410 e. The maximum absolute atomic E-state index is 12.6. The summed E-state index contributed by atoms with van der Waals surface area (Å²) in [7, 11) is 0. The van der Waals surface area contributed by atoms with Gasteiger partial charge in [-0.1, -0.05) is 17.7 Å². The molecule has 2 N–H and O–H groups in total. The van der Waals surface area contributed by atoms with Gasteiger partial charge in [-0.25, -0.2) is 9.78 Å². The third kappa shape index (κ3) is 3.75. The second-order valence-corrected chi connectivity index (χ2v) is 8.36. The lowest BCUT2D eigenvalue weighted by atomic mass is 10.1. The summed E-state index contributed by atoms with van der Waals surface area (Å²) in [6, 6.07) is 3.90. The van der Waals surface area contributed by atoms with Gasteiger partial charge < -0.3 is 19.9 Å². The van der Waals surface area contributed by atoms with Crippen molar-refractivity contribution in [3.63, 3.8) is 0 Å². The van der Waals surface area contributed by atoms with E-state index in [0.29, 0.717) is 24.1 Å². The highest BCUT2D eigenvalue weighted by Gasteiger charge is 2.29. The summed E-state index contributed by atoms with van der Waals surface area (Å²) in [5.41, 5.74) is 8.34. The quantitative estimate of drug-likeness (QED) is 0.790. The average molecular weight is 379 g/mol. The SMILES string of the molecule is Cc1ccc2nc(N)n(C3CCCCN(C(=O)OC(C)(C)C)C3)c2c1Cl. The molecule has 6 nitrogen and oxygen atoms in total. The molecule has 1 aliphatic heterocycles. The molecule has 1 saturated heterocycles. The molecule has 0 radical (unpaired) electrons. The van der Waals surface area contributed by atoms with Gasteiger partial charge in [-0.3, -0.25) is 0 Å². The zero-order valence-corrected chi connectivity index (χ0v) is 16.6. The molecule has 1 aromatic carbocycles. The van der Waals surface area contributed by atoms with Gasteiger partial charge in [0.25, 0.3) is 0 Å². The first-order chi connectivity index (χ1) is 12.2. The Morgan fingerprint density at radius 3 is 2.77 bits per heavy atom. The van der Waals surface area contributed by atoms with Crippen LogP contribution in [0.4, 0.5) is 10.7 Å². The minimum absolute atomic E-state index is 0.0225. The molecular formula is C19H27ClN4O2. The highest BCUT2D eigenvalue weighted by molar-refractivity contribution is 6.35. The number of nitrogens with two attached hydrogens (primary N) is 1. The van der Waals surface area contributed by atoms with Gasteiger partial charge in [0.2, 0.25) is 5.95 Å². The van der Waals surface area contributed by atoms with E-state index in [0.717, 1.165) is 35.9 Å². The molecule has 0 aliphatic carbocycles. The van der Waals surface area contributed by atoms with Crippen molar-refractivity contribution in [3.8, 4) is 0 Å². The van der Waals surface area contributed by atoms with Crippen LogP contribution in [0.15, 0.2) is 12.1 Å². The van der Waals surface area contributed by atoms with E-state index in [-0.39, 0.29) is 12.1 Å². The fourth-order valence-corrected chi connectivity index (χ4v) is 3.71. The number of rotatable bonds is 1. The second kappa shape index (κ2) is 6.99. The van der Waals surface area contributed by atoms with Gasteiger partial charge in [0.15, 0.2) is 0 Å². The Kier molecular flexibility index (Phi) is 5.06. The zero-order chi connectivity index (χ0) is 19.1. The van der Waals surface area contributed by atoms with Crippen molar-refractivity contribution in [3.05, 3.63) is 22.7 Å². The summed E-state index contributed by atoms with van der Waals surface area (Å²) in [4.78, 5) is 18.8. The number of halogens is 1. The zero-order valence-electron chi connectivity index (χ0n) is 15.9. The van der Waals surface area contributed by atoms with Gasteiger partial charge in [-0.2, -0.15) is 0 Å². The lowest BCUT2D eigenvalue weighted by Gasteiger charge is -2.29. The van der Waals surface area contributed by atoms with Gasteiger partial charge >= 0.3 is 6.09 Å². The van der Waals surface area contributed by atoms with E-state index in [1.54, 1.807) is 4.90 Å². The summed E-state index contributed by atoms with van der Waals surface area (Å²) >= 11 is 6.57. The van der Waals surface area contributed by atoms with Crippen LogP contribution in [0.25, 0.3) is 11.0 Å². The number of nitrogen functional groups attached to an aromatic ring is 1. The fourth-order valence-electron chi connectivity index (χ4n) is 3.46. The molecule has 7 heteroatoms. The number of fused-ring (bicyclic) bond motifs is 1. The van der Waals surface area contributed by atoms with E-state index in [9.17, 15) is 4.79 Å². The Balaban J connectivity index is 1.96. The van der Waals surface area contributed by atoms with Gasteiger partial charge in [0.1, 0.15) is 5.60 Å². The van der Waals surface area contributed by atoms with Crippen LogP contribution in [0, 0.1) is 6.92 Å². The number of imidazole rings is 1. The molecule has 1 fully saturated rings. The Bertz CT molecular complexity index is 825. The van der Waals surface area contributed by atoms with E-state index in [1.807, 2.05) is 44.4 Å². The number of ether oxygens (including phenoxy) is 1. The molecule has 0 saturated carbocycles. The molecule has 0 spiro atoms. The minimum atomic E-state index is -0.514. The molecule has 1 amide bonds. The fraction of sp³-hybridized carbons (Fsp3) is 0.579. The first-order valence-corrected chi connectivity index (χ1v) is 9.45. The van der Waals surface area contributed by atoms with Gasteiger partial charge in [-0.05, 0) is 58.6 Å². The number of likely N-dealkylation sites (tertiary alicyclic amines) is 1. The Morgan fingerprint density at radius 2 is 2.08 bits per heavy atom. The predicted octanol–water partition coefficient (Wildman–Crippen LogP) is 4.54. The first-order valence-electron chi connectivity index (χ1n) is 9.08. The standard InChI is InChI=1S/C19H27ClN4O2/c1-12-8-9-14-16(15(12)20)24(17(21)22-14)13-7-5-6-10-23(11-13)18(25)26-19(2,3)4/h8-9,13H,5-7,10-11H2,1-4H3,(H2,21,22). The summed E-state index contributed by atoms with van der Waals surface area (Å²) < 4.78 is 7.56. The van der Waals surface area contributed by atoms with Crippen LogP contribution in [-0.4, -0.2) is 39.2 Å². The molecule has 1 aromatic heterocycles. The van der Waals surface area contributed by atoms with Crippen LogP contribution in [0.3, 0.4) is 0 Å². The van der Waals surface area contributed by atoms with Gasteiger partial charge in [0, 0.05) is 13.1 Å². The Labute approximate surface area is 159 Å². The molecule has 1 aliphatic rings. The number of hydrogen-bond donors (Lipinski definition) is 1. The normalized spacial score (nSPS) is 18.8. The second-order valence-electron chi connectivity index (χ2n) is 7.98. The van der Waals surface area contributed by atoms with Crippen molar-refractivity contribution in [2.24, 2.45) is 0 Å². The maximum Gasteiger partial charge on any atom is 0.410 e. The van der Waals surface area contributed by atoms with E-state index < -0.39 is 5.60 Å². The number of carbonyl (C=O) groups is 1. The van der Waals surface area contributed by atoms with Crippen LogP contribution in [0.5, 0.6) is 0 Å². The summed E-state index contributed by atoms with van der Waals surface area (Å²) in [5, 5.41) is 0.666. The van der Waals surface area contributed by atoms with Crippen molar-refractivity contribution in [2.45, 2.75) is 58.6 Å². The largest absolute Gasteiger partial charge is 0.444 e. The third-order valence-corrected chi connectivity index (χ3v) is 5.15. The minimum Gasteiger partial charge on any atom is -0.444 e. The van der Waals surface area contributed by atoms with Crippen molar-refractivity contribution in [1.29, 1.82) is 0 Å². The van der Waals surface area contributed by atoms with E-state index in [4.69, 9.17) is 22.1 Å². The highest BCUT2D eigenvalue weighted by Crippen LogP contribution is 2.34. The van der Waals surface area contributed by atoms with Crippen molar-refractivity contribution >= 4 is 34.7 Å². The van der Waals surface area contributed by atoms with Gasteiger partial charge in [0.05, 0.1) is 22.1 Å². The number of amides is 1. The Morgan fingerprint density at radius 1 is 1.35 bits per heavy atom. The molecule has 1 unspecified atom stereocenters. The number of aromatic nitrogens is 2. The number of carbonyl (C=O) groups excluding carboxylic acids is 1. The maximum atomic E-state index is 12.6. The first kappa shape index (κ1) is 18.8. The van der Waals surface area contributed by atoms with Crippen LogP contribution in [0.2, 0.25) is 5.02 Å². The highest BCUT2D eigenvalue weighted by atomic mass is 35.5. The van der Waals surface area contributed by atoms with Gasteiger partial charge in [-0.15, -0.1) is 0 Å². The molecule has 142 valence electrons. The number of aryl methyl sites for hydroxylation is 1. The van der Waals surface area contributed by atoms with Crippen LogP contribution < -0.4 is 5.73 Å². The third-order valence-electron chi connectivity index (χ3n) is 4.67. The van der Waals surface area contributed by atoms with Crippen molar-refractivity contribution in [2.75, 3.05) is 18.8 Å². The van der Waals surface area contributed by atoms with Crippen molar-refractivity contribution in [1.82, 2.24) is 14.5 Å². The van der Waals surface area contributed by atoms with Crippen molar-refractivity contribution < 1.29 is 9.53 Å². The lowest BCUT2D eigenvalue weighted by molar-refractivity contribution is 0.0238. The lowest BCUT2D eigenvalue weighted by Crippen LogP contribution is -2.39. The number of benzene rings is 1. The monoisotopic (exact) mass is 378 g/mol. The Hall–Kier alpha value is -1.95. The predicted molar refractivity (Wildman–Crippen MR) is 105 cm³/mol. The van der Waals surface area contributed by atoms with Crippen LogP contribution in [0.1, 0.15) is 51.6 Å². The number of anilines is 1. The van der Waals surface area contributed by atoms with Crippen LogP contribution >= 0.6 is 11.6 Å². The molecule has 2 heterocycles. The molecule has 3 rings (SSSR count). The van der Waals surface area contributed by atoms with E-state index in [2.05, 4.69) is 4.98 Å². The summed E-state index contributed by atoms with van der Waals surface area (Å²) in [6.07, 6.45) is 2.58. The molecule has 0 bridgehead atoms. The number of hydrogen-bond acceptors (Lipinski definition) is 4. The van der Waals surface area contributed by atoms with Crippen LogP contribution in [-0.2, 0) is 4.74 Å². The van der Waals surface area contributed by atoms with E-state index >= 15 is 0 Å². The molecule has 1 atom stereocenters. The molecular weight excluding hydrogens is 352 g/mol.